The van der Waals surface area contributed by atoms with Crippen molar-refractivity contribution in [3.63, 3.8) is 0 Å². The molecule has 3 nitrogen and oxygen atoms in total. The lowest BCUT2D eigenvalue weighted by molar-refractivity contribution is -0.115. The molecule has 172 valence electrons. The lowest BCUT2D eigenvalue weighted by Gasteiger charge is -2.58. The van der Waals surface area contributed by atoms with Crippen molar-refractivity contribution >= 4 is 5.78 Å². The summed E-state index contributed by atoms with van der Waals surface area (Å²) in [6, 6.07) is 0. The molecule has 3 saturated carbocycles. The van der Waals surface area contributed by atoms with Gasteiger partial charge in [-0.25, -0.2) is 0 Å². The van der Waals surface area contributed by atoms with Crippen LogP contribution in [0.5, 0.6) is 0 Å². The Kier molecular flexibility index (Phi) is 5.92. The van der Waals surface area contributed by atoms with Crippen LogP contribution in [0.2, 0.25) is 0 Å². The van der Waals surface area contributed by atoms with Crippen LogP contribution in [0, 0.1) is 46.3 Å². The van der Waals surface area contributed by atoms with Crippen LogP contribution in [0.3, 0.4) is 0 Å². The van der Waals surface area contributed by atoms with E-state index in [1.807, 2.05) is 19.1 Å². The quantitative estimate of drug-likeness (QED) is 0.572. The Morgan fingerprint density at radius 3 is 2.61 bits per heavy atom. The topological polar surface area (TPSA) is 57.5 Å². The largest absolute Gasteiger partial charge is 0.396 e. The predicted octanol–water partition coefficient (Wildman–Crippen LogP) is 5.48. The summed E-state index contributed by atoms with van der Waals surface area (Å²) in [6.45, 7) is 11.1. The maximum absolute atomic E-state index is 12.0. The predicted molar refractivity (Wildman–Crippen MR) is 125 cm³/mol. The van der Waals surface area contributed by atoms with E-state index in [9.17, 15) is 15.0 Å². The van der Waals surface area contributed by atoms with Gasteiger partial charge < -0.3 is 10.2 Å². The fraction of sp³-hybridized carbons (Fsp3) is 0.750. The van der Waals surface area contributed by atoms with E-state index in [2.05, 4.69) is 39.8 Å². The molecule has 4 aliphatic carbocycles. The minimum absolute atomic E-state index is 0.0222. The van der Waals surface area contributed by atoms with E-state index in [0.717, 1.165) is 38.5 Å². The van der Waals surface area contributed by atoms with Crippen LogP contribution in [-0.2, 0) is 4.79 Å². The van der Waals surface area contributed by atoms with Crippen LogP contribution in [-0.4, -0.2) is 28.2 Å². The van der Waals surface area contributed by atoms with Crippen molar-refractivity contribution in [3.05, 3.63) is 36.0 Å². The number of allylic oxidation sites excluding steroid dienone is 5. The molecular formula is C28H42O3. The normalized spacial score (nSPS) is 42.7. The molecule has 0 heterocycles. The van der Waals surface area contributed by atoms with Crippen LogP contribution in [0.1, 0.15) is 73.1 Å². The molecule has 8 unspecified atom stereocenters. The number of ketones is 1. The smallest absolute Gasteiger partial charge is 0.178 e. The SMILES string of the molecule is CC(C)C(C)C=CC(C)(O)C1CCC2C3CCC4=CC(=O)C=CC4(C)C3CCC21CO. The van der Waals surface area contributed by atoms with E-state index in [0.29, 0.717) is 29.6 Å². The fourth-order valence-electron chi connectivity index (χ4n) is 7.87. The van der Waals surface area contributed by atoms with Gasteiger partial charge in [0.2, 0.25) is 0 Å². The minimum Gasteiger partial charge on any atom is -0.396 e. The number of carbonyl (C=O) groups excluding carboxylic acids is 1. The first kappa shape index (κ1) is 23.0. The monoisotopic (exact) mass is 426 g/mol. The molecule has 2 N–H and O–H groups in total. The summed E-state index contributed by atoms with van der Waals surface area (Å²) in [5.74, 6) is 2.74. The molecule has 3 fully saturated rings. The van der Waals surface area contributed by atoms with Gasteiger partial charge >= 0.3 is 0 Å². The zero-order valence-corrected chi connectivity index (χ0v) is 20.1. The summed E-state index contributed by atoms with van der Waals surface area (Å²) < 4.78 is 0. The fourth-order valence-corrected chi connectivity index (χ4v) is 7.87. The lowest BCUT2D eigenvalue weighted by atomic mass is 9.47. The highest BCUT2D eigenvalue weighted by atomic mass is 16.3. The van der Waals surface area contributed by atoms with Crippen molar-refractivity contribution < 1.29 is 15.0 Å². The van der Waals surface area contributed by atoms with E-state index in [4.69, 9.17) is 0 Å². The molecule has 0 saturated heterocycles. The van der Waals surface area contributed by atoms with Crippen LogP contribution in [0.4, 0.5) is 0 Å². The average Bonchev–Trinajstić information content (AvgIpc) is 3.13. The third-order valence-electron chi connectivity index (χ3n) is 10.1. The van der Waals surface area contributed by atoms with E-state index in [1.165, 1.54) is 5.57 Å². The molecule has 4 rings (SSSR count). The summed E-state index contributed by atoms with van der Waals surface area (Å²) in [5, 5.41) is 22.4. The van der Waals surface area contributed by atoms with Crippen LogP contribution in [0.25, 0.3) is 0 Å². The van der Waals surface area contributed by atoms with E-state index in [1.54, 1.807) is 6.08 Å². The summed E-state index contributed by atoms with van der Waals surface area (Å²) in [7, 11) is 0. The van der Waals surface area contributed by atoms with Gasteiger partial charge in [-0.2, -0.15) is 0 Å². The van der Waals surface area contributed by atoms with Gasteiger partial charge in [-0.15, -0.1) is 0 Å². The highest BCUT2D eigenvalue weighted by Crippen LogP contribution is 2.67. The molecule has 0 aliphatic heterocycles. The third-order valence-corrected chi connectivity index (χ3v) is 10.1. The molecule has 0 bridgehead atoms. The summed E-state index contributed by atoms with van der Waals surface area (Å²) in [5.41, 5.74) is 0.201. The molecule has 31 heavy (non-hydrogen) atoms. The van der Waals surface area contributed by atoms with Crippen LogP contribution in [0.15, 0.2) is 36.0 Å². The molecule has 0 spiro atoms. The molecule has 4 aliphatic rings. The number of hydrogen-bond donors (Lipinski definition) is 2. The number of hydrogen-bond acceptors (Lipinski definition) is 3. The third kappa shape index (κ3) is 3.60. The maximum Gasteiger partial charge on any atom is 0.178 e. The zero-order valence-electron chi connectivity index (χ0n) is 20.1. The number of aliphatic hydroxyl groups excluding tert-OH is 1. The molecule has 0 aromatic rings. The van der Waals surface area contributed by atoms with Crippen molar-refractivity contribution in [2.75, 3.05) is 6.61 Å². The van der Waals surface area contributed by atoms with Gasteiger partial charge in [0.05, 0.1) is 5.60 Å². The second-order valence-electron chi connectivity index (χ2n) is 11.9. The Labute approximate surface area is 188 Å². The second kappa shape index (κ2) is 7.99. The summed E-state index contributed by atoms with van der Waals surface area (Å²) in [4.78, 5) is 12.0. The summed E-state index contributed by atoms with van der Waals surface area (Å²) >= 11 is 0. The average molecular weight is 427 g/mol. The van der Waals surface area contributed by atoms with E-state index >= 15 is 0 Å². The van der Waals surface area contributed by atoms with Crippen LogP contribution < -0.4 is 0 Å². The first-order chi connectivity index (χ1) is 14.5. The van der Waals surface area contributed by atoms with Crippen LogP contribution >= 0.6 is 0 Å². The Balaban J connectivity index is 1.62. The molecule has 0 radical (unpaired) electrons. The molecule has 3 heteroatoms. The van der Waals surface area contributed by atoms with Gasteiger partial charge in [0.1, 0.15) is 0 Å². The maximum atomic E-state index is 12.0. The lowest BCUT2D eigenvalue weighted by Crippen LogP contribution is -2.54. The molecule has 0 aromatic heterocycles. The standard InChI is InChI=1S/C28H42O3/c1-18(2)19(3)10-14-27(5,31)25-9-8-24-22-7-6-20-16-21(30)11-13-26(20,4)23(22)12-15-28(24,25)17-29/h10-11,13-14,16,18-19,22-25,29,31H,6-9,12,15,17H2,1-5H3. The summed E-state index contributed by atoms with van der Waals surface area (Å²) in [6.07, 6.45) is 16.2. The number of fused-ring (bicyclic) bond motifs is 5. The van der Waals surface area contributed by atoms with Gasteiger partial charge in [-0.3, -0.25) is 4.79 Å². The Morgan fingerprint density at radius 1 is 1.19 bits per heavy atom. The molecule has 8 atom stereocenters. The van der Waals surface area contributed by atoms with Gasteiger partial charge in [0.15, 0.2) is 5.78 Å². The molecule has 0 aromatic carbocycles. The van der Waals surface area contributed by atoms with Crippen molar-refractivity contribution in [1.82, 2.24) is 0 Å². The van der Waals surface area contributed by atoms with Crippen molar-refractivity contribution in [1.29, 1.82) is 0 Å². The highest BCUT2D eigenvalue weighted by Gasteiger charge is 2.62. The van der Waals surface area contributed by atoms with Crippen molar-refractivity contribution in [2.45, 2.75) is 78.7 Å². The highest BCUT2D eigenvalue weighted by molar-refractivity contribution is 6.01. The first-order valence-corrected chi connectivity index (χ1v) is 12.5. The van der Waals surface area contributed by atoms with Crippen molar-refractivity contribution in [3.8, 4) is 0 Å². The van der Waals surface area contributed by atoms with Gasteiger partial charge in [0.25, 0.3) is 0 Å². The number of carbonyl (C=O) groups is 1. The minimum atomic E-state index is -0.895. The van der Waals surface area contributed by atoms with Gasteiger partial charge in [-0.05, 0) is 93.1 Å². The second-order valence-corrected chi connectivity index (χ2v) is 11.9. The van der Waals surface area contributed by atoms with Gasteiger partial charge in [0, 0.05) is 17.4 Å². The Hall–Kier alpha value is -1.19. The Morgan fingerprint density at radius 2 is 1.94 bits per heavy atom. The van der Waals surface area contributed by atoms with Gasteiger partial charge in [-0.1, -0.05) is 51.5 Å². The van der Waals surface area contributed by atoms with Crippen molar-refractivity contribution in [2.24, 2.45) is 46.3 Å². The van der Waals surface area contributed by atoms with E-state index < -0.39 is 5.60 Å². The Bertz CT molecular complexity index is 803. The molecule has 0 amide bonds. The molecular weight excluding hydrogens is 384 g/mol. The number of aliphatic hydroxyl groups is 2. The van der Waals surface area contributed by atoms with E-state index in [-0.39, 0.29) is 29.1 Å². The first-order valence-electron chi connectivity index (χ1n) is 12.5. The zero-order chi connectivity index (χ0) is 22.6. The number of rotatable bonds is 5.